The van der Waals surface area contributed by atoms with Crippen LogP contribution in [0.1, 0.15) is 36.0 Å². The van der Waals surface area contributed by atoms with E-state index in [0.29, 0.717) is 13.0 Å². The molecule has 1 N–H and O–H groups in total. The van der Waals surface area contributed by atoms with E-state index in [4.69, 9.17) is 4.74 Å². The van der Waals surface area contributed by atoms with Crippen molar-refractivity contribution in [1.29, 1.82) is 0 Å². The maximum absolute atomic E-state index is 11.6. The summed E-state index contributed by atoms with van der Waals surface area (Å²) < 4.78 is 5.93. The number of amides is 1. The lowest BCUT2D eigenvalue weighted by Crippen LogP contribution is -2.09. The topological polar surface area (TPSA) is 51.2 Å². The van der Waals surface area contributed by atoms with Gasteiger partial charge in [-0.25, -0.2) is 4.98 Å². The highest BCUT2D eigenvalue weighted by molar-refractivity contribution is 7.09. The van der Waals surface area contributed by atoms with E-state index >= 15 is 0 Å². The van der Waals surface area contributed by atoms with Crippen molar-refractivity contribution in [2.24, 2.45) is 0 Å². The molecule has 0 saturated carbocycles. The molecule has 4 nitrogen and oxygen atoms in total. The van der Waals surface area contributed by atoms with Crippen LogP contribution >= 0.6 is 11.3 Å². The third kappa shape index (κ3) is 3.24. The van der Waals surface area contributed by atoms with Crippen LogP contribution in [-0.2, 0) is 24.2 Å². The fourth-order valence-electron chi connectivity index (χ4n) is 2.44. The molecular formula is C16H18N2O2S. The first-order chi connectivity index (χ1) is 10.3. The van der Waals surface area contributed by atoms with Gasteiger partial charge in [-0.15, -0.1) is 11.3 Å². The van der Waals surface area contributed by atoms with Gasteiger partial charge < -0.3 is 10.1 Å². The summed E-state index contributed by atoms with van der Waals surface area (Å²) in [5.74, 6) is 0.929. The molecule has 1 aliphatic rings. The Morgan fingerprint density at radius 2 is 2.29 bits per heavy atom. The maximum atomic E-state index is 11.6. The van der Waals surface area contributed by atoms with Gasteiger partial charge in [-0.1, -0.05) is 13.0 Å². The summed E-state index contributed by atoms with van der Waals surface area (Å²) in [6.07, 6.45) is 3.24. The van der Waals surface area contributed by atoms with Gasteiger partial charge in [0.25, 0.3) is 0 Å². The lowest BCUT2D eigenvalue weighted by molar-refractivity contribution is -0.116. The number of anilines is 1. The largest absolute Gasteiger partial charge is 0.487 e. The molecule has 0 radical (unpaired) electrons. The predicted molar refractivity (Wildman–Crippen MR) is 83.8 cm³/mol. The third-order valence-corrected chi connectivity index (χ3v) is 4.56. The Kier molecular flexibility index (Phi) is 4.20. The van der Waals surface area contributed by atoms with Crippen molar-refractivity contribution in [3.63, 3.8) is 0 Å². The summed E-state index contributed by atoms with van der Waals surface area (Å²) >= 11 is 1.67. The van der Waals surface area contributed by atoms with E-state index in [2.05, 4.69) is 17.2 Å². The number of ether oxygens (including phenoxy) is 1. The van der Waals surface area contributed by atoms with Gasteiger partial charge in [0.2, 0.25) is 5.91 Å². The van der Waals surface area contributed by atoms with Gasteiger partial charge in [-0.05, 0) is 31.4 Å². The Labute approximate surface area is 128 Å². The molecule has 0 aliphatic carbocycles. The summed E-state index contributed by atoms with van der Waals surface area (Å²) in [5, 5.41) is 6.12. The second-order valence-corrected chi connectivity index (χ2v) is 6.00. The van der Waals surface area contributed by atoms with Crippen molar-refractivity contribution in [2.45, 2.75) is 39.2 Å². The molecule has 0 saturated heterocycles. The maximum Gasteiger partial charge on any atom is 0.224 e. The van der Waals surface area contributed by atoms with Crippen molar-refractivity contribution < 1.29 is 9.53 Å². The van der Waals surface area contributed by atoms with E-state index in [1.807, 2.05) is 23.6 Å². The van der Waals surface area contributed by atoms with Crippen molar-refractivity contribution >= 4 is 22.9 Å². The van der Waals surface area contributed by atoms with Crippen LogP contribution in [0.2, 0.25) is 0 Å². The number of aryl methyl sites for hydroxylation is 1. The van der Waals surface area contributed by atoms with Crippen molar-refractivity contribution in [3.8, 4) is 5.75 Å². The molecule has 0 fully saturated rings. The molecule has 1 aromatic heterocycles. The zero-order valence-electron chi connectivity index (χ0n) is 12.0. The molecule has 110 valence electrons. The second kappa shape index (κ2) is 6.26. The predicted octanol–water partition coefficient (Wildman–Crippen LogP) is 3.56. The Morgan fingerprint density at radius 3 is 3.10 bits per heavy atom. The van der Waals surface area contributed by atoms with Gasteiger partial charge in [0.05, 0.1) is 10.7 Å². The summed E-state index contributed by atoms with van der Waals surface area (Å²) in [7, 11) is 0. The normalized spacial score (nSPS) is 14.2. The highest BCUT2D eigenvalue weighted by Crippen LogP contribution is 2.31. The molecule has 0 spiro atoms. The first kappa shape index (κ1) is 14.1. The van der Waals surface area contributed by atoms with Crippen LogP contribution in [0.3, 0.4) is 0 Å². The van der Waals surface area contributed by atoms with Crippen molar-refractivity contribution in [2.75, 3.05) is 5.32 Å². The zero-order valence-corrected chi connectivity index (χ0v) is 12.8. The summed E-state index contributed by atoms with van der Waals surface area (Å²) in [6.45, 7) is 2.57. The standard InChI is InChI=1S/C16H18N2O2S/c1-2-16-17-11(10-21-16)9-20-14-7-4-6-13-12(14)5-3-8-15(19)18-13/h4,6-7,10H,2-3,5,8-9H2,1H3,(H,18,19). The number of nitrogens with zero attached hydrogens (tertiary/aromatic N) is 1. The number of hydrogen-bond donors (Lipinski definition) is 1. The van der Waals surface area contributed by atoms with Crippen molar-refractivity contribution in [1.82, 2.24) is 4.98 Å². The fourth-order valence-corrected chi connectivity index (χ4v) is 3.17. The van der Waals surface area contributed by atoms with Crippen LogP contribution in [0.25, 0.3) is 0 Å². The van der Waals surface area contributed by atoms with Gasteiger partial charge in [-0.3, -0.25) is 4.79 Å². The smallest absolute Gasteiger partial charge is 0.224 e. The fraction of sp³-hybridized carbons (Fsp3) is 0.375. The molecule has 0 unspecified atom stereocenters. The minimum atomic E-state index is 0.0815. The van der Waals surface area contributed by atoms with Gasteiger partial charge in [0.1, 0.15) is 12.4 Å². The molecule has 0 atom stereocenters. The lowest BCUT2D eigenvalue weighted by atomic mass is 10.1. The van der Waals surface area contributed by atoms with Crippen molar-refractivity contribution in [3.05, 3.63) is 39.8 Å². The number of benzene rings is 1. The molecule has 0 bridgehead atoms. The number of carbonyl (C=O) groups is 1. The van der Waals surface area contributed by atoms with Crippen LogP contribution in [0, 0.1) is 0 Å². The first-order valence-electron chi connectivity index (χ1n) is 7.24. The Balaban J connectivity index is 1.76. The molecular weight excluding hydrogens is 284 g/mol. The molecule has 5 heteroatoms. The van der Waals surface area contributed by atoms with E-state index in [1.54, 1.807) is 11.3 Å². The van der Waals surface area contributed by atoms with E-state index in [-0.39, 0.29) is 5.91 Å². The molecule has 1 aromatic carbocycles. The zero-order chi connectivity index (χ0) is 14.7. The average Bonchev–Trinajstić information content (AvgIpc) is 2.86. The number of rotatable bonds is 4. The van der Waals surface area contributed by atoms with E-state index in [0.717, 1.165) is 47.0 Å². The molecule has 2 heterocycles. The molecule has 1 aliphatic heterocycles. The van der Waals surface area contributed by atoms with E-state index < -0.39 is 0 Å². The number of hydrogen-bond acceptors (Lipinski definition) is 4. The van der Waals surface area contributed by atoms with Crippen LogP contribution < -0.4 is 10.1 Å². The SMILES string of the molecule is CCc1nc(COc2cccc3c2CCCC(=O)N3)cs1. The van der Waals surface area contributed by atoms with Gasteiger partial charge >= 0.3 is 0 Å². The van der Waals surface area contributed by atoms with Crippen LogP contribution in [0.5, 0.6) is 5.75 Å². The van der Waals surface area contributed by atoms with Crippen LogP contribution in [0.4, 0.5) is 5.69 Å². The van der Waals surface area contributed by atoms with Gasteiger partial charge in [0.15, 0.2) is 0 Å². The molecule has 3 rings (SSSR count). The molecule has 2 aromatic rings. The minimum Gasteiger partial charge on any atom is -0.487 e. The summed E-state index contributed by atoms with van der Waals surface area (Å²) in [5.41, 5.74) is 2.93. The van der Waals surface area contributed by atoms with Gasteiger partial charge in [0, 0.05) is 23.1 Å². The number of carbonyl (C=O) groups excluding carboxylic acids is 1. The quantitative estimate of drug-likeness (QED) is 0.939. The summed E-state index contributed by atoms with van der Waals surface area (Å²) in [4.78, 5) is 16.1. The molecule has 1 amide bonds. The summed E-state index contributed by atoms with van der Waals surface area (Å²) in [6, 6.07) is 5.81. The first-order valence-corrected chi connectivity index (χ1v) is 8.12. The van der Waals surface area contributed by atoms with Gasteiger partial charge in [-0.2, -0.15) is 0 Å². The average molecular weight is 302 g/mol. The highest BCUT2D eigenvalue weighted by atomic mass is 32.1. The van der Waals surface area contributed by atoms with Crippen LogP contribution in [0.15, 0.2) is 23.6 Å². The van der Waals surface area contributed by atoms with Crippen LogP contribution in [-0.4, -0.2) is 10.9 Å². The number of thiazole rings is 1. The third-order valence-electron chi connectivity index (χ3n) is 3.52. The lowest BCUT2D eigenvalue weighted by Gasteiger charge is -2.13. The molecule has 21 heavy (non-hydrogen) atoms. The highest BCUT2D eigenvalue weighted by Gasteiger charge is 2.16. The van der Waals surface area contributed by atoms with E-state index in [9.17, 15) is 4.79 Å². The number of nitrogens with one attached hydrogen (secondary N) is 1. The number of aromatic nitrogens is 1. The second-order valence-electron chi connectivity index (χ2n) is 5.06. The Bertz CT molecular complexity index is 651. The minimum absolute atomic E-state index is 0.0815. The Morgan fingerprint density at radius 1 is 1.38 bits per heavy atom. The monoisotopic (exact) mass is 302 g/mol. The number of fused-ring (bicyclic) bond motifs is 1. The Hall–Kier alpha value is -1.88. The van der Waals surface area contributed by atoms with E-state index in [1.165, 1.54) is 0 Å².